The Bertz CT molecular complexity index is 778. The van der Waals surface area contributed by atoms with Crippen LogP contribution in [0.1, 0.15) is 67.2 Å². The number of hydrogen-bond acceptors (Lipinski definition) is 5. The zero-order valence-electron chi connectivity index (χ0n) is 14.0. The first-order chi connectivity index (χ1) is 12.2. The van der Waals surface area contributed by atoms with Gasteiger partial charge in [-0.3, -0.25) is 9.89 Å². The summed E-state index contributed by atoms with van der Waals surface area (Å²) in [6.45, 7) is 0. The lowest BCUT2D eigenvalue weighted by Gasteiger charge is -2.29. The Morgan fingerprint density at radius 1 is 1.40 bits per heavy atom. The summed E-state index contributed by atoms with van der Waals surface area (Å²) < 4.78 is 1.67. The molecule has 130 valence electrons. The topological polar surface area (TPSA) is 112 Å². The van der Waals surface area contributed by atoms with Crippen LogP contribution in [0.3, 0.4) is 0 Å². The predicted octanol–water partition coefficient (Wildman–Crippen LogP) is 2.07. The summed E-state index contributed by atoms with van der Waals surface area (Å²) in [7, 11) is 0. The number of nitrogens with one attached hydrogen (secondary N) is 2. The molecule has 0 aliphatic heterocycles. The summed E-state index contributed by atoms with van der Waals surface area (Å²) in [5.74, 6) is 0.145. The van der Waals surface area contributed by atoms with Crippen molar-refractivity contribution in [1.82, 2.24) is 30.5 Å². The fraction of sp³-hybridized carbons (Fsp3) is 0.588. The zero-order valence-corrected chi connectivity index (χ0v) is 14.0. The summed E-state index contributed by atoms with van der Waals surface area (Å²) in [5.41, 5.74) is 0.639. The Balaban J connectivity index is 1.59. The minimum atomic E-state index is -0.532. The third-order valence-corrected chi connectivity index (χ3v) is 5.35. The summed E-state index contributed by atoms with van der Waals surface area (Å²) in [4.78, 5) is 12.5. The second-order valence-electron chi connectivity index (χ2n) is 7.05. The van der Waals surface area contributed by atoms with Crippen molar-refractivity contribution in [3.63, 3.8) is 0 Å². The largest absolute Gasteiger partial charge is 0.342 e. The fourth-order valence-electron chi connectivity index (χ4n) is 3.64. The predicted molar refractivity (Wildman–Crippen MR) is 88.2 cm³/mol. The van der Waals surface area contributed by atoms with E-state index in [1.165, 1.54) is 6.42 Å². The van der Waals surface area contributed by atoms with Gasteiger partial charge in [-0.2, -0.15) is 10.4 Å². The molecule has 2 aliphatic carbocycles. The molecule has 0 radical (unpaired) electrons. The van der Waals surface area contributed by atoms with Crippen LogP contribution in [0, 0.1) is 17.2 Å². The van der Waals surface area contributed by atoms with Crippen molar-refractivity contribution in [2.24, 2.45) is 5.92 Å². The van der Waals surface area contributed by atoms with Gasteiger partial charge >= 0.3 is 0 Å². The van der Waals surface area contributed by atoms with E-state index in [1.54, 1.807) is 16.9 Å². The average molecular weight is 339 g/mol. The molecule has 2 fully saturated rings. The summed E-state index contributed by atoms with van der Waals surface area (Å²) in [6.07, 6.45) is 10.7. The minimum Gasteiger partial charge on any atom is -0.342 e. The van der Waals surface area contributed by atoms with Crippen LogP contribution in [0.2, 0.25) is 0 Å². The van der Waals surface area contributed by atoms with Gasteiger partial charge < -0.3 is 5.32 Å². The van der Waals surface area contributed by atoms with E-state index >= 15 is 0 Å². The van der Waals surface area contributed by atoms with E-state index in [0.717, 1.165) is 44.2 Å². The van der Waals surface area contributed by atoms with Crippen LogP contribution in [0.5, 0.6) is 0 Å². The maximum atomic E-state index is 12.5. The number of carbonyl (C=O) groups excluding carboxylic acids is 1. The highest BCUT2D eigenvalue weighted by atomic mass is 16.2. The van der Waals surface area contributed by atoms with Gasteiger partial charge in [-0.15, -0.1) is 5.10 Å². The number of nitriles is 1. The van der Waals surface area contributed by atoms with Gasteiger partial charge in [0.1, 0.15) is 11.4 Å². The number of aromatic nitrogens is 5. The maximum Gasteiger partial charge on any atom is 0.269 e. The third kappa shape index (κ3) is 3.02. The van der Waals surface area contributed by atoms with E-state index in [0.29, 0.717) is 11.6 Å². The molecule has 2 aliphatic rings. The number of hydrogen-bond donors (Lipinski definition) is 2. The summed E-state index contributed by atoms with van der Waals surface area (Å²) in [5, 5.41) is 27.5. The Hall–Kier alpha value is -2.69. The van der Waals surface area contributed by atoms with Crippen LogP contribution in [-0.2, 0) is 5.54 Å². The first kappa shape index (κ1) is 15.8. The lowest BCUT2D eigenvalue weighted by molar-refractivity contribution is 0.0905. The summed E-state index contributed by atoms with van der Waals surface area (Å²) >= 11 is 0. The van der Waals surface area contributed by atoms with Gasteiger partial charge in [0, 0.05) is 6.20 Å². The number of H-pyrrole nitrogens is 1. The number of carbonyl (C=O) groups is 1. The van der Waals surface area contributed by atoms with Crippen LogP contribution in [0.4, 0.5) is 0 Å². The van der Waals surface area contributed by atoms with Crippen molar-refractivity contribution in [2.75, 3.05) is 0 Å². The Kier molecular flexibility index (Phi) is 3.99. The van der Waals surface area contributed by atoms with Crippen molar-refractivity contribution in [1.29, 1.82) is 5.26 Å². The second kappa shape index (κ2) is 6.31. The van der Waals surface area contributed by atoms with Crippen molar-refractivity contribution in [3.05, 3.63) is 29.8 Å². The molecule has 8 nitrogen and oxygen atoms in total. The molecule has 2 heterocycles. The van der Waals surface area contributed by atoms with Crippen molar-refractivity contribution < 1.29 is 4.79 Å². The fourth-order valence-corrected chi connectivity index (χ4v) is 3.64. The number of nitrogens with zero attached hydrogens (tertiary/aromatic N) is 5. The van der Waals surface area contributed by atoms with Crippen LogP contribution in [0.25, 0.3) is 0 Å². The molecule has 0 aromatic carbocycles. The third-order valence-electron chi connectivity index (χ3n) is 5.35. The molecule has 8 heteroatoms. The van der Waals surface area contributed by atoms with Gasteiger partial charge in [0.2, 0.25) is 0 Å². The molecule has 0 bridgehead atoms. The van der Waals surface area contributed by atoms with Gasteiger partial charge in [0.05, 0.1) is 18.3 Å². The highest BCUT2D eigenvalue weighted by Gasteiger charge is 2.47. The van der Waals surface area contributed by atoms with Gasteiger partial charge in [0.15, 0.2) is 5.54 Å². The smallest absolute Gasteiger partial charge is 0.269 e. The standard InChI is InChI=1S/C17H21N7O/c18-11-17(7-8-17)24-10-14(22-23-24)15(12-4-2-1-3-5-12)20-16(25)13-6-9-19-21-13/h6,9-10,12,15H,1-5,7-8H2,(H,19,21)(H,20,25)/t15-/m0/s1. The monoisotopic (exact) mass is 339 g/mol. The number of rotatable bonds is 5. The molecule has 4 rings (SSSR count). The zero-order chi connectivity index (χ0) is 17.3. The summed E-state index contributed by atoms with van der Waals surface area (Å²) in [6, 6.07) is 3.78. The molecule has 2 aromatic rings. The minimum absolute atomic E-state index is 0.191. The van der Waals surface area contributed by atoms with Crippen molar-refractivity contribution in [3.8, 4) is 6.07 Å². The molecule has 1 atom stereocenters. The quantitative estimate of drug-likeness (QED) is 0.866. The maximum absolute atomic E-state index is 12.5. The molecule has 25 heavy (non-hydrogen) atoms. The van der Waals surface area contributed by atoms with Crippen LogP contribution in [-0.4, -0.2) is 31.1 Å². The molecule has 1 amide bonds. The van der Waals surface area contributed by atoms with Gasteiger partial charge in [0.25, 0.3) is 5.91 Å². The van der Waals surface area contributed by atoms with Crippen molar-refractivity contribution >= 4 is 5.91 Å². The number of aromatic amines is 1. The molecule has 2 aromatic heterocycles. The van der Waals surface area contributed by atoms with Gasteiger partial charge in [-0.05, 0) is 37.7 Å². The molecule has 0 saturated heterocycles. The van der Waals surface area contributed by atoms with E-state index < -0.39 is 5.54 Å². The van der Waals surface area contributed by atoms with E-state index in [-0.39, 0.29) is 11.9 Å². The van der Waals surface area contributed by atoms with Crippen LogP contribution >= 0.6 is 0 Å². The normalized spacial score (nSPS) is 20.6. The molecule has 0 spiro atoms. The van der Waals surface area contributed by atoms with E-state index in [9.17, 15) is 10.1 Å². The SMILES string of the molecule is N#CC1(n2cc([C@@H](NC(=O)c3ccn[nH]3)C3CCCCC3)nn2)CC1. The Morgan fingerprint density at radius 3 is 2.84 bits per heavy atom. The molecular formula is C17H21N7O. The number of amides is 1. The highest BCUT2D eigenvalue weighted by Crippen LogP contribution is 2.42. The lowest BCUT2D eigenvalue weighted by Crippen LogP contribution is -2.35. The first-order valence-electron chi connectivity index (χ1n) is 8.86. The second-order valence-corrected chi connectivity index (χ2v) is 7.05. The van der Waals surface area contributed by atoms with Gasteiger partial charge in [-0.1, -0.05) is 24.5 Å². The Labute approximate surface area is 145 Å². The highest BCUT2D eigenvalue weighted by molar-refractivity contribution is 5.92. The molecule has 2 N–H and O–H groups in total. The molecule has 2 saturated carbocycles. The van der Waals surface area contributed by atoms with E-state index in [1.807, 2.05) is 6.20 Å². The van der Waals surface area contributed by atoms with E-state index in [2.05, 4.69) is 31.9 Å². The Morgan fingerprint density at radius 2 is 2.20 bits per heavy atom. The van der Waals surface area contributed by atoms with Crippen molar-refractivity contribution in [2.45, 2.75) is 56.5 Å². The van der Waals surface area contributed by atoms with Crippen LogP contribution < -0.4 is 5.32 Å². The van der Waals surface area contributed by atoms with Gasteiger partial charge in [-0.25, -0.2) is 4.68 Å². The molecular weight excluding hydrogens is 318 g/mol. The molecule has 0 unspecified atom stereocenters. The van der Waals surface area contributed by atoms with E-state index in [4.69, 9.17) is 0 Å². The first-order valence-corrected chi connectivity index (χ1v) is 8.86. The lowest BCUT2D eigenvalue weighted by atomic mass is 9.82. The average Bonchev–Trinajstić information content (AvgIpc) is 3.05. The van der Waals surface area contributed by atoms with Crippen LogP contribution in [0.15, 0.2) is 18.5 Å².